The largest absolute Gasteiger partial charge is 0.507 e. The Hall–Kier alpha value is 0.0813. The molecule has 0 aromatic heterocycles. The minimum Gasteiger partial charge on any atom is -0.377 e. The van der Waals surface area contributed by atoms with E-state index in [-0.39, 0.29) is 11.3 Å². The summed E-state index contributed by atoms with van der Waals surface area (Å²) >= 11 is 0. The normalized spacial score (nSPS) is 13.8. The molecule has 17 heteroatoms. The van der Waals surface area contributed by atoms with E-state index in [0.29, 0.717) is 9.52 Å². The van der Waals surface area contributed by atoms with E-state index in [1.54, 1.807) is 69.2 Å². The van der Waals surface area contributed by atoms with Crippen molar-refractivity contribution < 1.29 is 39.8 Å². The zero-order chi connectivity index (χ0) is 35.7. The molecule has 0 saturated heterocycles. The zero-order valence-electron chi connectivity index (χ0n) is 31.6. The molecule has 1 rings (SSSR count). The smallest absolute Gasteiger partial charge is 0.377 e. The Balaban J connectivity index is 3.24. The first kappa shape index (κ1) is 45.1. The molecule has 0 fully saturated rings. The predicted molar refractivity (Wildman–Crippen MR) is 202 cm³/mol. The number of hydrogen-bond acceptors (Lipinski definition) is 11. The molecular formula is C30H64N2O9Si6. The fourth-order valence-corrected chi connectivity index (χ4v) is 17.3. The minimum atomic E-state index is -2.93. The van der Waals surface area contributed by atoms with Crippen molar-refractivity contribution in [2.75, 3.05) is 77.1 Å². The summed E-state index contributed by atoms with van der Waals surface area (Å²) in [6, 6.07) is 7.30. The van der Waals surface area contributed by atoms with Gasteiger partial charge in [0.05, 0.1) is 32.7 Å². The number of benzene rings is 1. The van der Waals surface area contributed by atoms with E-state index < -0.39 is 44.0 Å². The van der Waals surface area contributed by atoms with Crippen LogP contribution in [0.4, 0.5) is 0 Å². The zero-order valence-corrected chi connectivity index (χ0v) is 37.6. The average molecular weight is 765 g/mol. The molecule has 2 N–H and O–H groups in total. The maximum atomic E-state index is 6.04. The van der Waals surface area contributed by atoms with Crippen molar-refractivity contribution in [3.8, 4) is 0 Å². The highest BCUT2D eigenvalue weighted by Crippen LogP contribution is 2.31. The summed E-state index contributed by atoms with van der Waals surface area (Å²) in [5.74, 6) is 0.158. The lowest BCUT2D eigenvalue weighted by molar-refractivity contribution is 0.114. The van der Waals surface area contributed by atoms with E-state index in [1.165, 1.54) is 16.3 Å². The fraction of sp³-hybridized carbons (Fsp3) is 0.800. The van der Waals surface area contributed by atoms with Gasteiger partial charge in [-0.15, -0.1) is 0 Å². The van der Waals surface area contributed by atoms with E-state index in [9.17, 15) is 0 Å². The summed E-state index contributed by atoms with van der Waals surface area (Å²) in [6.45, 7) is 13.5. The van der Waals surface area contributed by atoms with Gasteiger partial charge in [0, 0.05) is 81.9 Å². The van der Waals surface area contributed by atoms with Gasteiger partial charge in [0.2, 0.25) is 0 Å². The summed E-state index contributed by atoms with van der Waals surface area (Å²) in [7, 11) is 6.21. The van der Waals surface area contributed by atoms with Crippen molar-refractivity contribution in [2.45, 2.75) is 81.8 Å². The van der Waals surface area contributed by atoms with Crippen LogP contribution in [0.25, 0.3) is 0 Å². The third-order valence-electron chi connectivity index (χ3n) is 8.82. The molecule has 1 aromatic carbocycles. The molecule has 0 amide bonds. The number of nitrogens with one attached hydrogen (secondary N) is 2. The van der Waals surface area contributed by atoms with E-state index >= 15 is 0 Å². The highest BCUT2D eigenvalue weighted by molar-refractivity contribution is 6.82. The molecule has 0 aliphatic rings. The lowest BCUT2D eigenvalue weighted by Gasteiger charge is -2.34. The summed E-state index contributed by atoms with van der Waals surface area (Å²) in [5.41, 5.74) is 2.81. The van der Waals surface area contributed by atoms with E-state index in [1.807, 2.05) is 0 Å². The summed E-state index contributed by atoms with van der Waals surface area (Å²) in [6.07, 6.45) is 2.74. The molecular weight excluding hydrogens is 701 g/mol. The van der Waals surface area contributed by atoms with Crippen LogP contribution in [0.2, 0.25) is 44.3 Å². The quantitative estimate of drug-likeness (QED) is 0.0786. The number of rotatable bonds is 27. The topological polar surface area (TPSA) is 107 Å². The molecule has 0 spiro atoms. The molecule has 1 aromatic rings. The maximum absolute atomic E-state index is 6.04. The Morgan fingerprint density at radius 1 is 0.660 bits per heavy atom. The maximum Gasteiger partial charge on any atom is 0.507 e. The van der Waals surface area contributed by atoms with Crippen LogP contribution >= 0.6 is 0 Å². The molecule has 47 heavy (non-hydrogen) atoms. The summed E-state index contributed by atoms with van der Waals surface area (Å²) in [4.78, 5) is 0. The molecule has 0 saturated carbocycles. The second-order valence-electron chi connectivity index (χ2n) is 11.8. The molecule has 272 valence electrons. The van der Waals surface area contributed by atoms with Crippen molar-refractivity contribution in [1.29, 1.82) is 0 Å². The SMILES string of the molecule is CO[Si](CCCNC(NCCC[Si](OC)(OC)OC)[Si]CCc1ccc([Si](C)C)c([Si](C)C)c1C(C)[Si](OC)(OC)OC)(OC)OC. The van der Waals surface area contributed by atoms with Crippen molar-refractivity contribution >= 4 is 63.9 Å². The van der Waals surface area contributed by atoms with Crippen molar-refractivity contribution in [1.82, 2.24) is 10.6 Å². The highest BCUT2D eigenvalue weighted by atomic mass is 28.4. The standard InChI is InChI=1S/C30H64N2O9Si6/c1-25(47(39-8,40-9)41-10)28-26(17-18-27(43(11)12)29(28)44(13)14)19-22-42-30(31-20-15-23-45(33-2,34-3)35-4)32-21-16-24-46(36-5,37-6)38-7/h17-18,25,30-32H,15-16,19-24H2,1-14H3. The van der Waals surface area contributed by atoms with Gasteiger partial charge in [0.25, 0.3) is 0 Å². The Kier molecular flexibility index (Phi) is 21.9. The van der Waals surface area contributed by atoms with Crippen LogP contribution in [0.3, 0.4) is 0 Å². The molecule has 0 heterocycles. The van der Waals surface area contributed by atoms with Crippen LogP contribution in [0.1, 0.15) is 36.4 Å². The molecule has 4 radical (unpaired) electrons. The van der Waals surface area contributed by atoms with Gasteiger partial charge in [-0.3, -0.25) is 0 Å². The predicted octanol–water partition coefficient (Wildman–Crippen LogP) is 2.79. The first-order valence-electron chi connectivity index (χ1n) is 16.3. The van der Waals surface area contributed by atoms with Crippen LogP contribution in [-0.2, 0) is 46.3 Å². The first-order chi connectivity index (χ1) is 22.4. The third-order valence-corrected chi connectivity index (χ3v) is 22.2. The fourth-order valence-electron chi connectivity index (χ4n) is 6.07. The van der Waals surface area contributed by atoms with Gasteiger partial charge in [-0.2, -0.15) is 0 Å². The second-order valence-corrected chi connectivity index (χ2v) is 27.8. The third kappa shape index (κ3) is 12.7. The molecule has 0 bridgehead atoms. The van der Waals surface area contributed by atoms with Crippen molar-refractivity contribution in [3.05, 3.63) is 23.3 Å². The van der Waals surface area contributed by atoms with E-state index in [4.69, 9.17) is 39.8 Å². The van der Waals surface area contributed by atoms with Crippen LogP contribution in [-0.4, -0.2) is 136 Å². The van der Waals surface area contributed by atoms with E-state index in [0.717, 1.165) is 50.5 Å². The van der Waals surface area contributed by atoms with Gasteiger partial charge in [-0.05, 0) is 43.5 Å². The lowest BCUT2D eigenvalue weighted by atomic mass is 10.0. The Labute approximate surface area is 295 Å². The van der Waals surface area contributed by atoms with Crippen LogP contribution in [0.15, 0.2) is 12.1 Å². The molecule has 0 aliphatic heterocycles. The second kappa shape index (κ2) is 22.8. The van der Waals surface area contributed by atoms with Crippen molar-refractivity contribution in [3.63, 3.8) is 0 Å². The van der Waals surface area contributed by atoms with Crippen LogP contribution in [0.5, 0.6) is 0 Å². The molecule has 0 aliphatic carbocycles. The lowest BCUT2D eigenvalue weighted by Crippen LogP contribution is -2.54. The summed E-state index contributed by atoms with van der Waals surface area (Å²) in [5, 5.41) is 10.6. The Morgan fingerprint density at radius 2 is 1.11 bits per heavy atom. The van der Waals surface area contributed by atoms with Crippen LogP contribution < -0.4 is 21.0 Å². The Bertz CT molecular complexity index is 950. The first-order valence-corrected chi connectivity index (χ1v) is 28.3. The molecule has 1 unspecified atom stereocenters. The van der Waals surface area contributed by atoms with Crippen LogP contribution in [0, 0.1) is 0 Å². The van der Waals surface area contributed by atoms with Crippen molar-refractivity contribution in [2.24, 2.45) is 0 Å². The molecule has 11 nitrogen and oxygen atoms in total. The molecule has 1 atom stereocenters. The van der Waals surface area contributed by atoms with Gasteiger partial charge >= 0.3 is 26.4 Å². The van der Waals surface area contributed by atoms with E-state index in [2.05, 4.69) is 55.9 Å². The minimum absolute atomic E-state index is 0.0302. The average Bonchev–Trinajstić information content (AvgIpc) is 3.09. The van der Waals surface area contributed by atoms with Gasteiger partial charge in [0.15, 0.2) is 0 Å². The monoisotopic (exact) mass is 764 g/mol. The van der Waals surface area contributed by atoms with Gasteiger partial charge in [-0.25, -0.2) is 0 Å². The number of aryl methyl sites for hydroxylation is 1. The van der Waals surface area contributed by atoms with Gasteiger partial charge < -0.3 is 50.5 Å². The summed E-state index contributed by atoms with van der Waals surface area (Å²) < 4.78 is 51.9. The highest BCUT2D eigenvalue weighted by Gasteiger charge is 2.47. The Morgan fingerprint density at radius 3 is 1.47 bits per heavy atom. The van der Waals surface area contributed by atoms with Gasteiger partial charge in [-0.1, -0.05) is 61.7 Å². The van der Waals surface area contributed by atoms with Gasteiger partial charge in [0.1, 0.15) is 0 Å². The number of hydrogen-bond donors (Lipinski definition) is 2.